The Bertz CT molecular complexity index is 953. The van der Waals surface area contributed by atoms with Gasteiger partial charge in [0.2, 0.25) is 0 Å². The highest BCUT2D eigenvalue weighted by Gasteiger charge is 2.26. The average Bonchev–Trinajstić information content (AvgIpc) is 2.71. The number of fused-ring (bicyclic) bond motifs is 1. The van der Waals surface area contributed by atoms with Gasteiger partial charge in [0.05, 0.1) is 29.8 Å². The standard InChI is InChI=1S/C19H19NO6S/c1-3-10-20(15-6-4-14(5-7-15)19(21)24-2)27(22,23)16-8-9-17-18(13-16)26-12-11-25-17/h3-9,13H,1,10-12H2,2H3. The summed E-state index contributed by atoms with van der Waals surface area (Å²) in [5.74, 6) is 0.409. The zero-order valence-corrected chi connectivity index (χ0v) is 15.6. The van der Waals surface area contributed by atoms with Gasteiger partial charge in [0.25, 0.3) is 10.0 Å². The molecule has 0 spiro atoms. The topological polar surface area (TPSA) is 82.1 Å². The lowest BCUT2D eigenvalue weighted by atomic mass is 10.2. The Morgan fingerprint density at radius 2 is 1.81 bits per heavy atom. The number of ether oxygens (including phenoxy) is 3. The number of carbonyl (C=O) groups excluding carboxylic acids is 1. The molecule has 0 aromatic heterocycles. The molecule has 1 aliphatic rings. The van der Waals surface area contributed by atoms with E-state index in [0.717, 1.165) is 0 Å². The molecule has 3 rings (SSSR count). The fourth-order valence-corrected chi connectivity index (χ4v) is 4.10. The minimum absolute atomic E-state index is 0.0638. The van der Waals surface area contributed by atoms with Crippen LogP contribution in [-0.4, -0.2) is 41.3 Å². The number of carbonyl (C=O) groups is 1. The fourth-order valence-electron chi connectivity index (χ4n) is 2.65. The van der Waals surface area contributed by atoms with E-state index in [9.17, 15) is 13.2 Å². The van der Waals surface area contributed by atoms with Crippen LogP contribution in [0.25, 0.3) is 0 Å². The summed E-state index contributed by atoms with van der Waals surface area (Å²) in [5.41, 5.74) is 0.731. The molecule has 7 nitrogen and oxygen atoms in total. The Labute approximate surface area is 157 Å². The van der Waals surface area contributed by atoms with Gasteiger partial charge in [-0.3, -0.25) is 4.31 Å². The molecular formula is C19H19NO6S. The molecule has 0 saturated carbocycles. The van der Waals surface area contributed by atoms with Crippen molar-refractivity contribution in [3.8, 4) is 11.5 Å². The fraction of sp³-hybridized carbons (Fsp3) is 0.211. The van der Waals surface area contributed by atoms with Crippen molar-refractivity contribution < 1.29 is 27.4 Å². The van der Waals surface area contributed by atoms with Crippen LogP contribution in [0, 0.1) is 0 Å². The van der Waals surface area contributed by atoms with Gasteiger partial charge in [-0.25, -0.2) is 13.2 Å². The highest BCUT2D eigenvalue weighted by molar-refractivity contribution is 7.92. The molecule has 0 saturated heterocycles. The maximum atomic E-state index is 13.2. The van der Waals surface area contributed by atoms with Crippen molar-refractivity contribution in [3.05, 3.63) is 60.7 Å². The van der Waals surface area contributed by atoms with Crippen molar-refractivity contribution >= 4 is 21.7 Å². The van der Waals surface area contributed by atoms with Gasteiger partial charge >= 0.3 is 5.97 Å². The first-order valence-corrected chi connectivity index (χ1v) is 9.63. The van der Waals surface area contributed by atoms with Crippen molar-refractivity contribution in [2.24, 2.45) is 0 Å². The number of sulfonamides is 1. The predicted molar refractivity (Wildman–Crippen MR) is 99.9 cm³/mol. The zero-order valence-electron chi connectivity index (χ0n) is 14.8. The molecule has 8 heteroatoms. The Morgan fingerprint density at radius 1 is 1.15 bits per heavy atom. The number of benzene rings is 2. The number of rotatable bonds is 6. The van der Waals surface area contributed by atoms with E-state index in [0.29, 0.717) is 36.0 Å². The summed E-state index contributed by atoms with van der Waals surface area (Å²) >= 11 is 0. The van der Waals surface area contributed by atoms with Crippen molar-refractivity contribution in [1.82, 2.24) is 0 Å². The molecular weight excluding hydrogens is 370 g/mol. The van der Waals surface area contributed by atoms with E-state index in [-0.39, 0.29) is 11.4 Å². The molecule has 0 aliphatic carbocycles. The second kappa shape index (κ2) is 7.71. The smallest absolute Gasteiger partial charge is 0.337 e. The average molecular weight is 389 g/mol. The van der Waals surface area contributed by atoms with E-state index in [1.165, 1.54) is 41.8 Å². The van der Waals surface area contributed by atoms with Gasteiger partial charge in [-0.15, -0.1) is 6.58 Å². The minimum atomic E-state index is -3.88. The highest BCUT2D eigenvalue weighted by atomic mass is 32.2. The SMILES string of the molecule is C=CCN(c1ccc(C(=O)OC)cc1)S(=O)(=O)c1ccc2c(c1)OCCO2. The lowest BCUT2D eigenvalue weighted by molar-refractivity contribution is 0.0600. The number of hydrogen-bond acceptors (Lipinski definition) is 6. The predicted octanol–water partition coefficient (Wildman–Crippen LogP) is 2.63. The summed E-state index contributed by atoms with van der Waals surface area (Å²) in [6, 6.07) is 10.6. The van der Waals surface area contributed by atoms with Gasteiger partial charge in [0.15, 0.2) is 11.5 Å². The highest BCUT2D eigenvalue weighted by Crippen LogP contribution is 2.34. The Balaban J connectivity index is 1.98. The van der Waals surface area contributed by atoms with E-state index in [1.807, 2.05) is 0 Å². The van der Waals surface area contributed by atoms with Crippen LogP contribution >= 0.6 is 0 Å². The van der Waals surface area contributed by atoms with Crippen LogP contribution in [0.15, 0.2) is 60.0 Å². The van der Waals surface area contributed by atoms with E-state index in [2.05, 4.69) is 11.3 Å². The molecule has 2 aromatic rings. The number of esters is 1. The summed E-state index contributed by atoms with van der Waals surface area (Å²) in [6.07, 6.45) is 1.49. The van der Waals surface area contributed by atoms with Crippen molar-refractivity contribution in [3.63, 3.8) is 0 Å². The molecule has 0 unspecified atom stereocenters. The van der Waals surface area contributed by atoms with Crippen LogP contribution in [0.4, 0.5) is 5.69 Å². The maximum absolute atomic E-state index is 13.2. The molecule has 2 aromatic carbocycles. The second-order valence-corrected chi connectivity index (χ2v) is 7.53. The van der Waals surface area contributed by atoms with Gasteiger partial charge in [-0.05, 0) is 36.4 Å². The van der Waals surface area contributed by atoms with Crippen molar-refractivity contribution in [2.45, 2.75) is 4.90 Å². The van der Waals surface area contributed by atoms with Crippen molar-refractivity contribution in [1.29, 1.82) is 0 Å². The monoisotopic (exact) mass is 389 g/mol. The Morgan fingerprint density at radius 3 is 2.44 bits per heavy atom. The third kappa shape index (κ3) is 3.75. The molecule has 142 valence electrons. The van der Waals surface area contributed by atoms with Gasteiger partial charge in [0.1, 0.15) is 13.2 Å². The third-order valence-electron chi connectivity index (χ3n) is 3.97. The quantitative estimate of drug-likeness (QED) is 0.558. The van der Waals surface area contributed by atoms with E-state index in [4.69, 9.17) is 9.47 Å². The van der Waals surface area contributed by atoms with Crippen LogP contribution in [0.3, 0.4) is 0 Å². The van der Waals surface area contributed by atoms with Gasteiger partial charge in [0, 0.05) is 6.07 Å². The normalized spacial score (nSPS) is 12.9. The van der Waals surface area contributed by atoms with Gasteiger partial charge < -0.3 is 14.2 Å². The second-order valence-electron chi connectivity index (χ2n) is 5.67. The number of anilines is 1. The first-order chi connectivity index (χ1) is 13.0. The largest absolute Gasteiger partial charge is 0.486 e. The number of hydrogen-bond donors (Lipinski definition) is 0. The summed E-state index contributed by atoms with van der Waals surface area (Å²) in [4.78, 5) is 11.7. The Kier molecular flexibility index (Phi) is 5.36. The summed E-state index contributed by atoms with van der Waals surface area (Å²) in [6.45, 7) is 4.49. The first kappa shape index (κ1) is 18.8. The molecule has 0 N–H and O–H groups in total. The molecule has 0 amide bonds. The van der Waals surface area contributed by atoms with E-state index < -0.39 is 16.0 Å². The molecule has 1 heterocycles. The number of nitrogens with zero attached hydrogens (tertiary/aromatic N) is 1. The van der Waals surface area contributed by atoms with Crippen molar-refractivity contribution in [2.75, 3.05) is 31.2 Å². The molecule has 27 heavy (non-hydrogen) atoms. The first-order valence-electron chi connectivity index (χ1n) is 8.19. The third-order valence-corrected chi connectivity index (χ3v) is 5.76. The van der Waals surface area contributed by atoms with Crippen LogP contribution in [0.5, 0.6) is 11.5 Å². The van der Waals surface area contributed by atoms with E-state index in [1.54, 1.807) is 18.2 Å². The lowest BCUT2D eigenvalue weighted by Gasteiger charge is -2.24. The minimum Gasteiger partial charge on any atom is -0.486 e. The van der Waals surface area contributed by atoms with E-state index >= 15 is 0 Å². The molecule has 0 radical (unpaired) electrons. The van der Waals surface area contributed by atoms with Gasteiger partial charge in [-0.1, -0.05) is 6.08 Å². The summed E-state index contributed by atoms with van der Waals surface area (Å²) in [7, 11) is -2.59. The maximum Gasteiger partial charge on any atom is 0.337 e. The van der Waals surface area contributed by atoms with Crippen LogP contribution in [0.2, 0.25) is 0 Å². The summed E-state index contributed by atoms with van der Waals surface area (Å²) in [5, 5.41) is 0. The lowest BCUT2D eigenvalue weighted by Crippen LogP contribution is -2.31. The van der Waals surface area contributed by atoms with Gasteiger partial charge in [-0.2, -0.15) is 0 Å². The van der Waals surface area contributed by atoms with Crippen LogP contribution in [0.1, 0.15) is 10.4 Å². The van der Waals surface area contributed by atoms with Crippen LogP contribution in [-0.2, 0) is 14.8 Å². The zero-order chi connectivity index (χ0) is 19.4. The van der Waals surface area contributed by atoms with Crippen LogP contribution < -0.4 is 13.8 Å². The molecule has 1 aliphatic heterocycles. The molecule has 0 fully saturated rings. The summed E-state index contributed by atoms with van der Waals surface area (Å²) < 4.78 is 43.1. The molecule has 0 atom stereocenters. The Hall–Kier alpha value is -3.00. The molecule has 0 bridgehead atoms. The number of methoxy groups -OCH3 is 1.